The van der Waals surface area contributed by atoms with Gasteiger partial charge < -0.3 is 10.4 Å². The molecule has 1 aromatic heterocycles. The first-order valence-corrected chi connectivity index (χ1v) is 5.84. The Kier molecular flexibility index (Phi) is 4.50. The first-order chi connectivity index (χ1) is 7.49. The van der Waals surface area contributed by atoms with Crippen molar-refractivity contribution < 1.29 is 5.11 Å². The molecule has 0 aliphatic carbocycles. The van der Waals surface area contributed by atoms with Crippen LogP contribution in [0.5, 0.6) is 0 Å². The average molecular weight is 244 g/mol. The molecule has 1 rings (SSSR count). The number of anilines is 1. The molecular formula is C11H18ClN3O. The van der Waals surface area contributed by atoms with Gasteiger partial charge in [-0.25, -0.2) is 9.97 Å². The van der Waals surface area contributed by atoms with E-state index >= 15 is 0 Å². The summed E-state index contributed by atoms with van der Waals surface area (Å²) in [4.78, 5) is 8.16. The summed E-state index contributed by atoms with van der Waals surface area (Å²) in [6.07, 6.45) is 1.41. The third-order valence-corrected chi connectivity index (χ3v) is 2.92. The molecular weight excluding hydrogens is 226 g/mol. The maximum Gasteiger partial charge on any atom is 0.134 e. The molecule has 0 spiro atoms. The van der Waals surface area contributed by atoms with Crippen LogP contribution in [0.4, 0.5) is 5.82 Å². The van der Waals surface area contributed by atoms with Gasteiger partial charge in [-0.3, -0.25) is 0 Å². The van der Waals surface area contributed by atoms with E-state index in [1.54, 1.807) is 13.0 Å². The molecule has 0 amide bonds. The number of hydrogen-bond acceptors (Lipinski definition) is 4. The third-order valence-electron chi connectivity index (χ3n) is 2.72. The van der Waals surface area contributed by atoms with Crippen LogP contribution in [-0.4, -0.2) is 27.2 Å². The summed E-state index contributed by atoms with van der Waals surface area (Å²) >= 11 is 5.81. The van der Waals surface area contributed by atoms with Gasteiger partial charge in [0, 0.05) is 12.6 Å². The van der Waals surface area contributed by atoms with Gasteiger partial charge in [-0.2, -0.15) is 0 Å². The number of nitrogens with one attached hydrogen (secondary N) is 1. The molecule has 0 saturated heterocycles. The smallest absolute Gasteiger partial charge is 0.134 e. The summed E-state index contributed by atoms with van der Waals surface area (Å²) in [5.74, 6) is 1.27. The predicted molar refractivity (Wildman–Crippen MR) is 65.8 cm³/mol. The van der Waals surface area contributed by atoms with E-state index in [0.717, 1.165) is 0 Å². The molecule has 0 fully saturated rings. The van der Waals surface area contributed by atoms with Crippen LogP contribution < -0.4 is 5.32 Å². The van der Waals surface area contributed by atoms with Gasteiger partial charge in [0.15, 0.2) is 0 Å². The molecule has 0 atom stereocenters. The van der Waals surface area contributed by atoms with Crippen LogP contribution in [-0.2, 0) is 0 Å². The van der Waals surface area contributed by atoms with Crippen LogP contribution in [0.3, 0.4) is 0 Å². The van der Waals surface area contributed by atoms with Crippen molar-refractivity contribution in [3.8, 4) is 0 Å². The van der Waals surface area contributed by atoms with Crippen LogP contribution in [0.1, 0.15) is 32.5 Å². The minimum atomic E-state index is -0.689. The molecule has 90 valence electrons. The number of nitrogens with zero attached hydrogens (tertiary/aromatic N) is 2. The summed E-state index contributed by atoms with van der Waals surface area (Å²) in [6, 6.07) is 1.65. The number of rotatable bonds is 5. The van der Waals surface area contributed by atoms with E-state index in [0.29, 0.717) is 36.2 Å². The zero-order valence-corrected chi connectivity index (χ0v) is 10.7. The van der Waals surface area contributed by atoms with Crippen molar-refractivity contribution in [2.24, 2.45) is 0 Å². The van der Waals surface area contributed by atoms with Crippen LogP contribution in [0.15, 0.2) is 6.07 Å². The molecule has 0 unspecified atom stereocenters. The first kappa shape index (κ1) is 13.2. The quantitative estimate of drug-likeness (QED) is 0.780. The van der Waals surface area contributed by atoms with Gasteiger partial charge >= 0.3 is 0 Å². The fraction of sp³-hybridized carbons (Fsp3) is 0.636. The van der Waals surface area contributed by atoms with Crippen LogP contribution in [0, 0.1) is 6.92 Å². The Morgan fingerprint density at radius 2 is 2.00 bits per heavy atom. The standard InChI is InChI=1S/C11H18ClN3O/c1-4-11(16,5-2)7-13-10-6-9(12)14-8(3)15-10/h6,16H,4-5,7H2,1-3H3,(H,13,14,15). The molecule has 0 bridgehead atoms. The van der Waals surface area contributed by atoms with Gasteiger partial charge in [-0.1, -0.05) is 25.4 Å². The van der Waals surface area contributed by atoms with E-state index in [9.17, 15) is 5.11 Å². The predicted octanol–water partition coefficient (Wildman–Crippen LogP) is 2.40. The van der Waals surface area contributed by atoms with Crippen molar-refractivity contribution in [1.29, 1.82) is 0 Å². The van der Waals surface area contributed by atoms with Gasteiger partial charge in [0.2, 0.25) is 0 Å². The summed E-state index contributed by atoms with van der Waals surface area (Å²) < 4.78 is 0. The van der Waals surface area contributed by atoms with Gasteiger partial charge in [0.25, 0.3) is 0 Å². The Balaban J connectivity index is 2.67. The number of hydrogen-bond donors (Lipinski definition) is 2. The second kappa shape index (κ2) is 5.46. The molecule has 1 heterocycles. The lowest BCUT2D eigenvalue weighted by Crippen LogP contribution is -2.35. The molecule has 0 saturated carbocycles. The Bertz CT molecular complexity index is 333. The molecule has 1 aromatic rings. The number of aryl methyl sites for hydroxylation is 1. The lowest BCUT2D eigenvalue weighted by molar-refractivity contribution is 0.0456. The van der Waals surface area contributed by atoms with Crippen LogP contribution in [0.25, 0.3) is 0 Å². The van der Waals surface area contributed by atoms with Crippen molar-refractivity contribution in [3.05, 3.63) is 17.0 Å². The lowest BCUT2D eigenvalue weighted by Gasteiger charge is -2.25. The van der Waals surface area contributed by atoms with Crippen molar-refractivity contribution in [2.75, 3.05) is 11.9 Å². The highest BCUT2D eigenvalue weighted by Gasteiger charge is 2.21. The van der Waals surface area contributed by atoms with Gasteiger partial charge in [-0.15, -0.1) is 0 Å². The molecule has 0 aliphatic rings. The second-order valence-corrected chi connectivity index (χ2v) is 4.30. The Morgan fingerprint density at radius 3 is 2.50 bits per heavy atom. The molecule has 0 aromatic carbocycles. The monoisotopic (exact) mass is 243 g/mol. The Labute approximate surface area is 101 Å². The summed E-state index contributed by atoms with van der Waals surface area (Å²) in [7, 11) is 0. The van der Waals surface area contributed by atoms with Crippen molar-refractivity contribution >= 4 is 17.4 Å². The zero-order valence-electron chi connectivity index (χ0n) is 9.92. The summed E-state index contributed by atoms with van der Waals surface area (Å²) in [6.45, 7) is 6.17. The zero-order chi connectivity index (χ0) is 12.2. The molecule has 0 radical (unpaired) electrons. The van der Waals surface area contributed by atoms with Gasteiger partial charge in [0.05, 0.1) is 5.60 Å². The number of aromatic nitrogens is 2. The van der Waals surface area contributed by atoms with Crippen molar-refractivity contribution in [1.82, 2.24) is 9.97 Å². The summed E-state index contributed by atoms with van der Waals surface area (Å²) in [5.41, 5.74) is -0.689. The molecule has 16 heavy (non-hydrogen) atoms. The lowest BCUT2D eigenvalue weighted by atomic mass is 9.98. The Hall–Kier alpha value is -0.870. The molecule has 2 N–H and O–H groups in total. The minimum Gasteiger partial charge on any atom is -0.388 e. The van der Waals surface area contributed by atoms with Crippen LogP contribution >= 0.6 is 11.6 Å². The molecule has 0 aliphatic heterocycles. The fourth-order valence-electron chi connectivity index (χ4n) is 1.38. The van der Waals surface area contributed by atoms with E-state index in [1.165, 1.54) is 0 Å². The van der Waals surface area contributed by atoms with E-state index in [1.807, 2.05) is 13.8 Å². The fourth-order valence-corrected chi connectivity index (χ4v) is 1.60. The molecule has 5 heteroatoms. The second-order valence-electron chi connectivity index (χ2n) is 3.91. The highest BCUT2D eigenvalue weighted by Crippen LogP contribution is 2.17. The topological polar surface area (TPSA) is 58.0 Å². The average Bonchev–Trinajstić information content (AvgIpc) is 2.25. The summed E-state index contributed by atoms with van der Waals surface area (Å²) in [5, 5.41) is 13.6. The minimum absolute atomic E-state index is 0.409. The van der Waals surface area contributed by atoms with Gasteiger partial charge in [0.1, 0.15) is 16.8 Å². The maximum atomic E-state index is 10.1. The van der Waals surface area contributed by atoms with E-state index in [-0.39, 0.29) is 0 Å². The van der Waals surface area contributed by atoms with E-state index < -0.39 is 5.60 Å². The largest absolute Gasteiger partial charge is 0.388 e. The van der Waals surface area contributed by atoms with Crippen molar-refractivity contribution in [3.63, 3.8) is 0 Å². The van der Waals surface area contributed by atoms with E-state index in [4.69, 9.17) is 11.6 Å². The van der Waals surface area contributed by atoms with Gasteiger partial charge in [-0.05, 0) is 19.8 Å². The first-order valence-electron chi connectivity index (χ1n) is 5.46. The highest BCUT2D eigenvalue weighted by molar-refractivity contribution is 6.29. The van der Waals surface area contributed by atoms with Crippen molar-refractivity contribution in [2.45, 2.75) is 39.2 Å². The normalized spacial score (nSPS) is 11.6. The maximum absolute atomic E-state index is 10.1. The highest BCUT2D eigenvalue weighted by atomic mass is 35.5. The molecule has 4 nitrogen and oxygen atoms in total. The van der Waals surface area contributed by atoms with E-state index in [2.05, 4.69) is 15.3 Å². The Morgan fingerprint density at radius 1 is 1.38 bits per heavy atom. The third kappa shape index (κ3) is 3.61. The SMILES string of the molecule is CCC(O)(CC)CNc1cc(Cl)nc(C)n1. The number of halogens is 1. The number of aliphatic hydroxyl groups is 1. The van der Waals surface area contributed by atoms with Crippen LogP contribution in [0.2, 0.25) is 5.15 Å².